The topological polar surface area (TPSA) is 51.0 Å². The zero-order valence-electron chi connectivity index (χ0n) is 8.74. The van der Waals surface area contributed by atoms with Crippen molar-refractivity contribution in [1.29, 1.82) is 0 Å². The van der Waals surface area contributed by atoms with Crippen LogP contribution in [0.3, 0.4) is 0 Å². The lowest BCUT2D eigenvalue weighted by atomic mass is 10.1. The highest BCUT2D eigenvalue weighted by Crippen LogP contribution is 2.26. The SMILES string of the molecule is CNc1cc(NC)c2c[n+]([O-])ccc2c1. The van der Waals surface area contributed by atoms with Crippen molar-refractivity contribution in [2.24, 2.45) is 0 Å². The molecule has 0 saturated carbocycles. The lowest BCUT2D eigenvalue weighted by Gasteiger charge is -2.08. The Morgan fingerprint density at radius 2 is 2.00 bits per heavy atom. The van der Waals surface area contributed by atoms with Gasteiger partial charge in [0.15, 0.2) is 12.4 Å². The molecule has 0 aliphatic rings. The zero-order valence-corrected chi connectivity index (χ0v) is 8.74. The maximum Gasteiger partial charge on any atom is 0.190 e. The Bertz CT molecular complexity index is 496. The molecule has 15 heavy (non-hydrogen) atoms. The number of fused-ring (bicyclic) bond motifs is 1. The molecule has 0 amide bonds. The van der Waals surface area contributed by atoms with E-state index in [9.17, 15) is 5.21 Å². The zero-order chi connectivity index (χ0) is 10.8. The highest BCUT2D eigenvalue weighted by atomic mass is 16.5. The predicted octanol–water partition coefficient (Wildman–Crippen LogP) is 1.56. The fraction of sp³-hybridized carbons (Fsp3) is 0.182. The Morgan fingerprint density at radius 3 is 2.67 bits per heavy atom. The van der Waals surface area contributed by atoms with Crippen LogP contribution in [0.25, 0.3) is 10.8 Å². The lowest BCUT2D eigenvalue weighted by Crippen LogP contribution is -2.23. The number of aromatic nitrogens is 1. The third-order valence-corrected chi connectivity index (χ3v) is 2.43. The number of hydrogen-bond donors (Lipinski definition) is 2. The van der Waals surface area contributed by atoms with Gasteiger partial charge in [-0.3, -0.25) is 0 Å². The Balaban J connectivity index is 2.75. The van der Waals surface area contributed by atoms with Crippen molar-refractivity contribution in [3.63, 3.8) is 0 Å². The van der Waals surface area contributed by atoms with E-state index in [0.717, 1.165) is 26.9 Å². The van der Waals surface area contributed by atoms with Gasteiger partial charge in [-0.25, -0.2) is 0 Å². The van der Waals surface area contributed by atoms with Crippen molar-refractivity contribution < 1.29 is 4.73 Å². The molecule has 4 heteroatoms. The maximum atomic E-state index is 11.2. The number of pyridine rings is 1. The summed E-state index contributed by atoms with van der Waals surface area (Å²) in [6.45, 7) is 0. The van der Waals surface area contributed by atoms with Crippen molar-refractivity contribution in [3.05, 3.63) is 35.8 Å². The molecule has 1 heterocycles. The van der Waals surface area contributed by atoms with E-state index in [2.05, 4.69) is 10.6 Å². The van der Waals surface area contributed by atoms with Gasteiger partial charge in [-0.15, -0.1) is 0 Å². The molecule has 1 aromatic heterocycles. The van der Waals surface area contributed by atoms with Crippen molar-refractivity contribution in [2.75, 3.05) is 24.7 Å². The van der Waals surface area contributed by atoms with Crippen LogP contribution in [0.15, 0.2) is 30.6 Å². The smallest absolute Gasteiger partial charge is 0.190 e. The molecule has 0 aliphatic carbocycles. The van der Waals surface area contributed by atoms with Crippen LogP contribution in [-0.4, -0.2) is 14.1 Å². The Morgan fingerprint density at radius 1 is 1.20 bits per heavy atom. The minimum Gasteiger partial charge on any atom is -0.619 e. The molecule has 0 spiro atoms. The minimum absolute atomic E-state index is 0.808. The molecule has 0 aliphatic heterocycles. The van der Waals surface area contributed by atoms with E-state index in [4.69, 9.17) is 0 Å². The minimum atomic E-state index is 0.808. The average Bonchev–Trinajstić information content (AvgIpc) is 2.27. The molecule has 0 radical (unpaired) electrons. The summed E-state index contributed by atoms with van der Waals surface area (Å²) in [5, 5.41) is 19.3. The van der Waals surface area contributed by atoms with Gasteiger partial charge in [0, 0.05) is 31.5 Å². The van der Waals surface area contributed by atoms with Crippen molar-refractivity contribution in [2.45, 2.75) is 0 Å². The van der Waals surface area contributed by atoms with Crippen LogP contribution >= 0.6 is 0 Å². The molecule has 0 atom stereocenters. The van der Waals surface area contributed by atoms with Gasteiger partial charge in [0.2, 0.25) is 0 Å². The van der Waals surface area contributed by atoms with Crippen LogP contribution in [0.1, 0.15) is 0 Å². The van der Waals surface area contributed by atoms with Gasteiger partial charge >= 0.3 is 0 Å². The van der Waals surface area contributed by atoms with Gasteiger partial charge in [0.1, 0.15) is 0 Å². The van der Waals surface area contributed by atoms with Crippen LogP contribution in [0.2, 0.25) is 0 Å². The second-order valence-corrected chi connectivity index (χ2v) is 3.33. The third kappa shape index (κ3) is 1.66. The highest BCUT2D eigenvalue weighted by Gasteiger charge is 2.05. The van der Waals surface area contributed by atoms with Crippen LogP contribution in [-0.2, 0) is 0 Å². The average molecular weight is 203 g/mol. The van der Waals surface area contributed by atoms with E-state index in [-0.39, 0.29) is 0 Å². The summed E-state index contributed by atoms with van der Waals surface area (Å²) in [4.78, 5) is 0. The number of hydrogen-bond acceptors (Lipinski definition) is 3. The summed E-state index contributed by atoms with van der Waals surface area (Å²) in [7, 11) is 3.72. The second kappa shape index (κ2) is 3.65. The van der Waals surface area contributed by atoms with Crippen LogP contribution in [0.4, 0.5) is 11.4 Å². The van der Waals surface area contributed by atoms with Gasteiger partial charge in [0.05, 0.1) is 5.39 Å². The summed E-state index contributed by atoms with van der Waals surface area (Å²) in [6, 6.07) is 5.79. The summed E-state index contributed by atoms with van der Waals surface area (Å²) < 4.78 is 0.808. The van der Waals surface area contributed by atoms with E-state index in [0.29, 0.717) is 0 Å². The Hall–Kier alpha value is -1.97. The van der Waals surface area contributed by atoms with Crippen LogP contribution in [0, 0.1) is 5.21 Å². The molecule has 0 bridgehead atoms. The number of rotatable bonds is 2. The molecule has 0 saturated heterocycles. The standard InChI is InChI=1S/C11H13N3O/c1-12-9-5-8-3-4-14(15)7-10(8)11(6-9)13-2/h3-7,12-13H,1-2H3. The summed E-state index contributed by atoms with van der Waals surface area (Å²) in [5.41, 5.74) is 1.97. The van der Waals surface area contributed by atoms with Gasteiger partial charge in [-0.2, -0.15) is 4.73 Å². The first-order valence-corrected chi connectivity index (χ1v) is 4.76. The van der Waals surface area contributed by atoms with Gasteiger partial charge < -0.3 is 15.8 Å². The maximum absolute atomic E-state index is 11.2. The quantitative estimate of drug-likeness (QED) is 0.575. The largest absolute Gasteiger partial charge is 0.619 e. The second-order valence-electron chi connectivity index (χ2n) is 3.33. The van der Waals surface area contributed by atoms with Crippen LogP contribution in [0.5, 0.6) is 0 Å². The molecule has 1 aromatic carbocycles. The van der Waals surface area contributed by atoms with Gasteiger partial charge in [-0.05, 0) is 17.5 Å². The summed E-state index contributed by atoms with van der Waals surface area (Å²) >= 11 is 0. The summed E-state index contributed by atoms with van der Waals surface area (Å²) in [5.74, 6) is 0. The van der Waals surface area contributed by atoms with E-state index < -0.39 is 0 Å². The molecular weight excluding hydrogens is 190 g/mol. The van der Waals surface area contributed by atoms with E-state index in [1.54, 1.807) is 6.20 Å². The molecule has 2 N–H and O–H groups in total. The number of anilines is 2. The van der Waals surface area contributed by atoms with Crippen LogP contribution < -0.4 is 15.4 Å². The number of nitrogens with one attached hydrogen (secondary N) is 2. The number of nitrogens with zero attached hydrogens (tertiary/aromatic N) is 1. The Kier molecular flexibility index (Phi) is 2.33. The molecule has 4 nitrogen and oxygen atoms in total. The molecular formula is C11H13N3O. The first-order valence-electron chi connectivity index (χ1n) is 4.76. The van der Waals surface area contributed by atoms with Crippen molar-refractivity contribution in [3.8, 4) is 0 Å². The Labute approximate surface area is 88.1 Å². The molecule has 2 aromatic rings. The summed E-state index contributed by atoms with van der Waals surface area (Å²) in [6.07, 6.45) is 3.07. The molecule has 2 rings (SSSR count). The van der Waals surface area contributed by atoms with Gasteiger partial charge in [0.25, 0.3) is 0 Å². The highest BCUT2D eigenvalue weighted by molar-refractivity contribution is 5.95. The normalized spacial score (nSPS) is 10.3. The molecule has 0 unspecified atom stereocenters. The lowest BCUT2D eigenvalue weighted by molar-refractivity contribution is -0.603. The number of benzene rings is 1. The monoisotopic (exact) mass is 203 g/mol. The van der Waals surface area contributed by atoms with Crippen molar-refractivity contribution >= 4 is 22.1 Å². The van der Waals surface area contributed by atoms with E-state index in [1.165, 1.54) is 6.20 Å². The molecule has 0 fully saturated rings. The van der Waals surface area contributed by atoms with E-state index >= 15 is 0 Å². The fourth-order valence-corrected chi connectivity index (χ4v) is 1.63. The van der Waals surface area contributed by atoms with Gasteiger partial charge in [-0.1, -0.05) is 0 Å². The fourth-order valence-electron chi connectivity index (χ4n) is 1.63. The first kappa shape index (κ1) is 9.58. The predicted molar refractivity (Wildman–Crippen MR) is 62.0 cm³/mol. The molecule has 78 valence electrons. The third-order valence-electron chi connectivity index (χ3n) is 2.43. The van der Waals surface area contributed by atoms with E-state index in [1.807, 2.05) is 32.3 Å². The first-order chi connectivity index (χ1) is 7.24. The van der Waals surface area contributed by atoms with Crippen molar-refractivity contribution in [1.82, 2.24) is 0 Å².